The van der Waals surface area contributed by atoms with Gasteiger partial charge in [0.25, 0.3) is 0 Å². The lowest BCUT2D eigenvalue weighted by atomic mass is 9.77. The fourth-order valence-corrected chi connectivity index (χ4v) is 4.77. The van der Waals surface area contributed by atoms with Gasteiger partial charge in [-0.3, -0.25) is 4.79 Å². The summed E-state index contributed by atoms with van der Waals surface area (Å²) in [5.74, 6) is -1.25. The highest BCUT2D eigenvalue weighted by molar-refractivity contribution is 5.80. The smallest absolute Gasteiger partial charge is 0.433 e. The number of hydrogen-bond acceptors (Lipinski definition) is 3. The number of halogens is 5. The summed E-state index contributed by atoms with van der Waals surface area (Å²) in [5, 5.41) is 3.15. The summed E-state index contributed by atoms with van der Waals surface area (Å²) >= 11 is 0. The van der Waals surface area contributed by atoms with E-state index in [-0.39, 0.29) is 24.0 Å². The van der Waals surface area contributed by atoms with Crippen LogP contribution in [0.15, 0.2) is 78.9 Å². The fourth-order valence-electron chi connectivity index (χ4n) is 4.77. The summed E-state index contributed by atoms with van der Waals surface area (Å²) < 4.78 is 77.2. The molecule has 1 N–H and O–H groups in total. The van der Waals surface area contributed by atoms with E-state index in [1.54, 1.807) is 12.1 Å². The van der Waals surface area contributed by atoms with Crippen LogP contribution in [-0.4, -0.2) is 18.4 Å². The molecule has 3 aromatic rings. The number of ether oxygens (including phenoxy) is 2. The predicted octanol–water partition coefficient (Wildman–Crippen LogP) is 8.79. The average molecular weight is 578 g/mol. The van der Waals surface area contributed by atoms with Crippen molar-refractivity contribution in [2.45, 2.75) is 77.3 Å². The fraction of sp³-hybridized carbons (Fsp3) is 0.406. The number of benzene rings is 3. The van der Waals surface area contributed by atoms with Gasteiger partial charge in [0.15, 0.2) is 0 Å². The van der Waals surface area contributed by atoms with Crippen molar-refractivity contribution in [3.05, 3.63) is 95.6 Å². The SMILES string of the molecule is CCCCC(CC)C(=O)NC(Cc1ccccc1)(c1cccc(OC(F)(F)F)c1)c1cccc(OC(F)(F)CC)c1. The molecule has 3 rings (SSSR count). The lowest BCUT2D eigenvalue weighted by Gasteiger charge is -2.38. The standard InChI is InChI=1S/C32H36F5NO3/c1-4-7-15-24(5-2)29(39)38-30(22-23-13-9-8-10-14-23,26-17-12-19-28(21-26)41-32(35,36)37)25-16-11-18-27(20-25)40-31(33,34)6-3/h8-14,16-21,24H,4-7,15,22H2,1-3H3,(H,38,39). The molecule has 3 aromatic carbocycles. The van der Waals surface area contributed by atoms with E-state index in [2.05, 4.69) is 10.1 Å². The maximum absolute atomic E-state index is 14.2. The molecule has 2 unspecified atom stereocenters. The Hall–Kier alpha value is -3.62. The second-order valence-electron chi connectivity index (χ2n) is 10.0. The molecule has 1 amide bonds. The lowest BCUT2D eigenvalue weighted by molar-refractivity contribution is -0.274. The van der Waals surface area contributed by atoms with Gasteiger partial charge in [0, 0.05) is 18.8 Å². The van der Waals surface area contributed by atoms with Crippen molar-refractivity contribution in [3.8, 4) is 11.5 Å². The first-order valence-corrected chi connectivity index (χ1v) is 13.8. The van der Waals surface area contributed by atoms with E-state index in [4.69, 9.17) is 4.74 Å². The minimum Gasteiger partial charge on any atom is -0.433 e. The van der Waals surface area contributed by atoms with Gasteiger partial charge < -0.3 is 14.8 Å². The average Bonchev–Trinajstić information content (AvgIpc) is 2.93. The minimum atomic E-state index is -4.93. The molecule has 0 bridgehead atoms. The van der Waals surface area contributed by atoms with Crippen LogP contribution in [0.5, 0.6) is 11.5 Å². The second kappa shape index (κ2) is 13.8. The van der Waals surface area contributed by atoms with E-state index >= 15 is 0 Å². The molecule has 0 saturated heterocycles. The van der Waals surface area contributed by atoms with Crippen LogP contribution in [0.4, 0.5) is 22.0 Å². The molecule has 0 saturated carbocycles. The lowest BCUT2D eigenvalue weighted by Crippen LogP contribution is -2.50. The Balaban J connectivity index is 2.26. The highest BCUT2D eigenvalue weighted by atomic mass is 19.4. The van der Waals surface area contributed by atoms with E-state index < -0.39 is 30.2 Å². The first-order valence-electron chi connectivity index (χ1n) is 13.8. The van der Waals surface area contributed by atoms with Crippen molar-refractivity contribution in [3.63, 3.8) is 0 Å². The number of carbonyl (C=O) groups excluding carboxylic acids is 1. The third kappa shape index (κ3) is 8.93. The third-order valence-electron chi connectivity index (χ3n) is 6.98. The monoisotopic (exact) mass is 577 g/mol. The molecular weight excluding hydrogens is 541 g/mol. The van der Waals surface area contributed by atoms with Gasteiger partial charge in [0.05, 0.1) is 5.54 Å². The Kier molecular flexibility index (Phi) is 10.8. The van der Waals surface area contributed by atoms with Crippen LogP contribution in [0.1, 0.15) is 69.6 Å². The number of carbonyl (C=O) groups is 1. The molecule has 0 spiro atoms. The van der Waals surface area contributed by atoms with Crippen LogP contribution < -0.4 is 14.8 Å². The molecule has 0 heterocycles. The van der Waals surface area contributed by atoms with Crippen LogP contribution in [0.25, 0.3) is 0 Å². The Morgan fingerprint density at radius 2 is 1.39 bits per heavy atom. The van der Waals surface area contributed by atoms with Gasteiger partial charge in [-0.15, -0.1) is 13.2 Å². The van der Waals surface area contributed by atoms with E-state index in [1.165, 1.54) is 43.3 Å². The highest BCUT2D eigenvalue weighted by Gasteiger charge is 2.40. The zero-order valence-electron chi connectivity index (χ0n) is 23.4. The highest BCUT2D eigenvalue weighted by Crippen LogP contribution is 2.39. The van der Waals surface area contributed by atoms with Crippen molar-refractivity contribution in [1.82, 2.24) is 5.32 Å². The molecule has 9 heteroatoms. The summed E-state index contributed by atoms with van der Waals surface area (Å²) in [5.41, 5.74) is -0.0271. The van der Waals surface area contributed by atoms with Gasteiger partial charge in [0.1, 0.15) is 11.5 Å². The summed E-state index contributed by atoms with van der Waals surface area (Å²) in [6.45, 7) is 5.21. The largest absolute Gasteiger partial charge is 0.573 e. The molecular formula is C32H36F5NO3. The molecule has 41 heavy (non-hydrogen) atoms. The summed E-state index contributed by atoms with van der Waals surface area (Å²) in [6, 6.07) is 20.4. The molecule has 0 aliphatic carbocycles. The van der Waals surface area contributed by atoms with Crippen LogP contribution in [-0.2, 0) is 16.8 Å². The number of amides is 1. The normalized spacial score (nSPS) is 14.1. The van der Waals surface area contributed by atoms with Crippen molar-refractivity contribution < 1.29 is 36.2 Å². The van der Waals surface area contributed by atoms with Crippen LogP contribution in [0.3, 0.4) is 0 Å². The zero-order valence-corrected chi connectivity index (χ0v) is 23.4. The molecule has 2 atom stereocenters. The summed E-state index contributed by atoms with van der Waals surface area (Å²) in [6.07, 6.45) is -5.92. The third-order valence-corrected chi connectivity index (χ3v) is 6.98. The molecule has 0 fully saturated rings. The summed E-state index contributed by atoms with van der Waals surface area (Å²) in [7, 11) is 0. The quantitative estimate of drug-likeness (QED) is 0.195. The van der Waals surface area contributed by atoms with Crippen LogP contribution in [0.2, 0.25) is 0 Å². The zero-order chi connectivity index (χ0) is 30.1. The van der Waals surface area contributed by atoms with Crippen molar-refractivity contribution in [1.29, 1.82) is 0 Å². The number of alkyl halides is 5. The van der Waals surface area contributed by atoms with Gasteiger partial charge in [-0.1, -0.05) is 88.2 Å². The number of rotatable bonds is 14. The molecule has 222 valence electrons. The molecule has 0 radical (unpaired) electrons. The first kappa shape index (κ1) is 31.9. The Morgan fingerprint density at radius 3 is 1.90 bits per heavy atom. The topological polar surface area (TPSA) is 47.6 Å². The molecule has 0 aliphatic rings. The molecule has 4 nitrogen and oxygen atoms in total. The maximum atomic E-state index is 14.2. The van der Waals surface area contributed by atoms with E-state index in [9.17, 15) is 26.7 Å². The van der Waals surface area contributed by atoms with E-state index in [0.717, 1.165) is 18.4 Å². The van der Waals surface area contributed by atoms with Crippen LogP contribution >= 0.6 is 0 Å². The Labute approximate surface area is 237 Å². The molecule has 0 aromatic heterocycles. The van der Waals surface area contributed by atoms with Crippen LogP contribution in [0, 0.1) is 5.92 Å². The van der Waals surface area contributed by atoms with Crippen molar-refractivity contribution in [2.24, 2.45) is 5.92 Å². The first-order chi connectivity index (χ1) is 19.4. The second-order valence-corrected chi connectivity index (χ2v) is 10.0. The Morgan fingerprint density at radius 1 is 0.805 bits per heavy atom. The van der Waals surface area contributed by atoms with E-state index in [0.29, 0.717) is 24.0 Å². The van der Waals surface area contributed by atoms with Crippen molar-refractivity contribution >= 4 is 5.91 Å². The summed E-state index contributed by atoms with van der Waals surface area (Å²) in [4.78, 5) is 13.8. The maximum Gasteiger partial charge on any atom is 0.573 e. The van der Waals surface area contributed by atoms with Gasteiger partial charge in [0.2, 0.25) is 5.91 Å². The van der Waals surface area contributed by atoms with Gasteiger partial charge in [-0.2, -0.15) is 8.78 Å². The van der Waals surface area contributed by atoms with E-state index in [1.807, 2.05) is 44.2 Å². The van der Waals surface area contributed by atoms with Crippen molar-refractivity contribution in [2.75, 3.05) is 0 Å². The number of hydrogen-bond donors (Lipinski definition) is 1. The van der Waals surface area contributed by atoms with Gasteiger partial charge in [-0.25, -0.2) is 0 Å². The Bertz CT molecular complexity index is 1270. The minimum absolute atomic E-state index is 0.118. The predicted molar refractivity (Wildman–Crippen MR) is 148 cm³/mol. The number of nitrogens with one attached hydrogen (secondary N) is 1. The van der Waals surface area contributed by atoms with Gasteiger partial charge in [-0.05, 0) is 53.8 Å². The molecule has 0 aliphatic heterocycles. The van der Waals surface area contributed by atoms with Gasteiger partial charge >= 0.3 is 12.5 Å². The number of unbranched alkanes of at least 4 members (excludes halogenated alkanes) is 1.